The van der Waals surface area contributed by atoms with Crippen LogP contribution in [-0.2, 0) is 21.2 Å². The van der Waals surface area contributed by atoms with E-state index in [9.17, 15) is 13.2 Å². The Morgan fingerprint density at radius 2 is 2.30 bits per heavy atom. The Bertz CT molecular complexity index is 719. The number of ether oxygens (including phenoxy) is 1. The number of aromatic amines is 1. The number of aromatic nitrogens is 3. The van der Waals surface area contributed by atoms with Crippen molar-refractivity contribution >= 4 is 33.1 Å². The maximum absolute atomic E-state index is 12.3. The molecule has 0 saturated carbocycles. The summed E-state index contributed by atoms with van der Waals surface area (Å²) in [4.78, 5) is 15.2. The van der Waals surface area contributed by atoms with Crippen molar-refractivity contribution in [1.29, 1.82) is 0 Å². The van der Waals surface area contributed by atoms with Crippen molar-refractivity contribution in [1.82, 2.24) is 15.2 Å². The van der Waals surface area contributed by atoms with E-state index in [-0.39, 0.29) is 15.7 Å². The fourth-order valence-electron chi connectivity index (χ4n) is 1.51. The lowest BCUT2D eigenvalue weighted by Crippen LogP contribution is -2.17. The summed E-state index contributed by atoms with van der Waals surface area (Å²) in [6.45, 7) is 1.87. The number of aryl methyl sites for hydroxylation is 1. The van der Waals surface area contributed by atoms with Crippen molar-refractivity contribution in [3.05, 3.63) is 23.0 Å². The third-order valence-corrected chi connectivity index (χ3v) is 5.21. The average Bonchev–Trinajstić information content (AvgIpc) is 3.05. The van der Waals surface area contributed by atoms with Crippen LogP contribution in [0.15, 0.2) is 15.9 Å². The molecule has 0 aliphatic rings. The third-order valence-electron chi connectivity index (χ3n) is 2.49. The van der Waals surface area contributed by atoms with Crippen molar-refractivity contribution < 1.29 is 17.9 Å². The van der Waals surface area contributed by atoms with Gasteiger partial charge in [-0.3, -0.25) is 9.82 Å². The zero-order valence-corrected chi connectivity index (χ0v) is 12.3. The minimum Gasteiger partial charge on any atom is -0.464 e. The number of hydrogen-bond acceptors (Lipinski definition) is 7. The van der Waals surface area contributed by atoms with Crippen LogP contribution in [0.1, 0.15) is 23.0 Å². The average molecular weight is 316 g/mol. The van der Waals surface area contributed by atoms with Crippen LogP contribution in [0.25, 0.3) is 0 Å². The summed E-state index contributed by atoms with van der Waals surface area (Å²) in [5.41, 5.74) is 1.76. The molecule has 0 aromatic carbocycles. The van der Waals surface area contributed by atoms with Gasteiger partial charge in [-0.25, -0.2) is 18.2 Å². The maximum Gasteiger partial charge on any atom is 0.358 e. The minimum absolute atomic E-state index is 0.194. The molecule has 0 aliphatic carbocycles. The van der Waals surface area contributed by atoms with Gasteiger partial charge in [-0.15, -0.1) is 11.3 Å². The first-order valence-electron chi connectivity index (χ1n) is 5.56. The van der Waals surface area contributed by atoms with Crippen molar-refractivity contribution in [2.75, 3.05) is 11.8 Å². The van der Waals surface area contributed by atoms with Gasteiger partial charge in [0.25, 0.3) is 10.0 Å². The van der Waals surface area contributed by atoms with Gasteiger partial charge in [-0.1, -0.05) is 6.92 Å². The standard InChI is InChI=1S/C10H12N4O4S2/c1-3-6-4-12-13-8(6)14-20(16,17)10-7(9(15)18-2)11-5-19-10/h4-5H,3H2,1-2H3,(H2,12,13,14). The predicted molar refractivity (Wildman–Crippen MR) is 72.2 cm³/mol. The van der Waals surface area contributed by atoms with Gasteiger partial charge in [-0.05, 0) is 6.42 Å². The van der Waals surface area contributed by atoms with E-state index >= 15 is 0 Å². The van der Waals surface area contributed by atoms with Crippen LogP contribution < -0.4 is 4.72 Å². The number of methoxy groups -OCH3 is 1. The van der Waals surface area contributed by atoms with Crippen molar-refractivity contribution in [3.8, 4) is 0 Å². The summed E-state index contributed by atoms with van der Waals surface area (Å²) in [6.07, 6.45) is 2.15. The number of anilines is 1. The van der Waals surface area contributed by atoms with E-state index in [0.717, 1.165) is 24.0 Å². The second kappa shape index (κ2) is 5.59. The van der Waals surface area contributed by atoms with E-state index in [1.807, 2.05) is 6.92 Å². The van der Waals surface area contributed by atoms with Gasteiger partial charge in [0.1, 0.15) is 5.82 Å². The molecule has 0 radical (unpaired) electrons. The summed E-state index contributed by atoms with van der Waals surface area (Å²) in [7, 11) is -2.76. The quantitative estimate of drug-likeness (QED) is 0.796. The van der Waals surface area contributed by atoms with E-state index in [4.69, 9.17) is 0 Å². The van der Waals surface area contributed by atoms with E-state index in [2.05, 4.69) is 24.6 Å². The SMILES string of the molecule is CCc1cn[nH]c1NS(=O)(=O)c1scnc1C(=O)OC. The predicted octanol–water partition coefficient (Wildman–Crippen LogP) is 1.02. The Morgan fingerprint density at radius 3 is 2.95 bits per heavy atom. The molecule has 2 N–H and O–H groups in total. The minimum atomic E-state index is -3.92. The Hall–Kier alpha value is -1.94. The van der Waals surface area contributed by atoms with Crippen LogP contribution >= 0.6 is 11.3 Å². The topological polar surface area (TPSA) is 114 Å². The highest BCUT2D eigenvalue weighted by Crippen LogP contribution is 2.24. The van der Waals surface area contributed by atoms with Gasteiger partial charge < -0.3 is 4.74 Å². The normalized spacial score (nSPS) is 11.3. The molecule has 2 rings (SSSR count). The van der Waals surface area contributed by atoms with Crippen LogP contribution in [-0.4, -0.2) is 36.7 Å². The summed E-state index contributed by atoms with van der Waals surface area (Å²) in [5.74, 6) is -0.524. The number of H-pyrrole nitrogens is 1. The highest BCUT2D eigenvalue weighted by atomic mass is 32.2. The zero-order valence-electron chi connectivity index (χ0n) is 10.7. The van der Waals surface area contributed by atoms with Crippen LogP contribution in [0.3, 0.4) is 0 Å². The number of carbonyl (C=O) groups excluding carboxylic acids is 1. The molecule has 0 spiro atoms. The fourth-order valence-corrected chi connectivity index (χ4v) is 3.70. The van der Waals surface area contributed by atoms with Crippen molar-refractivity contribution in [2.24, 2.45) is 0 Å². The van der Waals surface area contributed by atoms with Gasteiger partial charge in [0.2, 0.25) is 0 Å². The Balaban J connectivity index is 2.37. The zero-order chi connectivity index (χ0) is 14.8. The molecule has 108 valence electrons. The fraction of sp³-hybridized carbons (Fsp3) is 0.300. The Morgan fingerprint density at radius 1 is 1.55 bits per heavy atom. The van der Waals surface area contributed by atoms with Gasteiger partial charge in [0, 0.05) is 5.56 Å². The molecular weight excluding hydrogens is 304 g/mol. The maximum atomic E-state index is 12.3. The molecule has 2 aromatic heterocycles. The van der Waals surface area contributed by atoms with Gasteiger partial charge >= 0.3 is 5.97 Å². The van der Waals surface area contributed by atoms with E-state index < -0.39 is 16.0 Å². The molecule has 2 aromatic rings. The van der Waals surface area contributed by atoms with E-state index in [1.54, 1.807) is 0 Å². The van der Waals surface area contributed by atoms with Crippen LogP contribution in [0.4, 0.5) is 5.82 Å². The number of rotatable bonds is 5. The van der Waals surface area contributed by atoms with Gasteiger partial charge in [-0.2, -0.15) is 5.10 Å². The van der Waals surface area contributed by atoms with Crippen LogP contribution in [0, 0.1) is 0 Å². The summed E-state index contributed by atoms with van der Waals surface area (Å²) < 4.78 is 31.2. The number of nitrogens with zero attached hydrogens (tertiary/aromatic N) is 2. The number of carbonyl (C=O) groups is 1. The number of sulfonamides is 1. The third kappa shape index (κ3) is 2.65. The van der Waals surface area contributed by atoms with Crippen molar-refractivity contribution in [3.63, 3.8) is 0 Å². The molecule has 0 unspecified atom stereocenters. The second-order valence-electron chi connectivity index (χ2n) is 3.71. The molecule has 0 saturated heterocycles. The lowest BCUT2D eigenvalue weighted by Gasteiger charge is -2.06. The summed E-state index contributed by atoms with van der Waals surface area (Å²) in [5, 5.41) is 6.34. The highest BCUT2D eigenvalue weighted by molar-refractivity contribution is 7.94. The first-order valence-corrected chi connectivity index (χ1v) is 7.92. The number of hydrogen-bond donors (Lipinski definition) is 2. The Labute approximate surface area is 119 Å². The lowest BCUT2D eigenvalue weighted by atomic mass is 10.3. The molecule has 0 bridgehead atoms. The first kappa shape index (κ1) is 14.5. The largest absolute Gasteiger partial charge is 0.464 e. The van der Waals surface area contributed by atoms with Crippen molar-refractivity contribution in [2.45, 2.75) is 17.6 Å². The summed E-state index contributed by atoms with van der Waals surface area (Å²) in [6, 6.07) is 0. The van der Waals surface area contributed by atoms with Gasteiger partial charge in [0.05, 0.1) is 18.8 Å². The monoisotopic (exact) mass is 316 g/mol. The second-order valence-corrected chi connectivity index (χ2v) is 6.44. The molecule has 0 atom stereocenters. The molecule has 0 amide bonds. The highest BCUT2D eigenvalue weighted by Gasteiger charge is 2.27. The number of thiazole rings is 1. The molecular formula is C10H12N4O4S2. The number of esters is 1. The van der Waals surface area contributed by atoms with E-state index in [1.165, 1.54) is 11.7 Å². The lowest BCUT2D eigenvalue weighted by molar-refractivity contribution is 0.0590. The van der Waals surface area contributed by atoms with E-state index in [0.29, 0.717) is 6.42 Å². The van der Waals surface area contributed by atoms with Crippen LogP contribution in [0.5, 0.6) is 0 Å². The molecule has 10 heteroatoms. The molecule has 0 aliphatic heterocycles. The number of nitrogens with one attached hydrogen (secondary N) is 2. The Kier molecular flexibility index (Phi) is 4.04. The van der Waals surface area contributed by atoms with Gasteiger partial charge in [0.15, 0.2) is 9.90 Å². The summed E-state index contributed by atoms with van der Waals surface area (Å²) >= 11 is 0.839. The molecule has 8 nitrogen and oxygen atoms in total. The molecule has 2 heterocycles. The first-order chi connectivity index (χ1) is 9.49. The van der Waals surface area contributed by atoms with Crippen LogP contribution in [0.2, 0.25) is 0 Å². The molecule has 0 fully saturated rings. The molecule has 20 heavy (non-hydrogen) atoms. The smallest absolute Gasteiger partial charge is 0.358 e.